The molecule has 0 radical (unpaired) electrons. The summed E-state index contributed by atoms with van der Waals surface area (Å²) in [7, 11) is -3.82. The lowest BCUT2D eigenvalue weighted by atomic mass is 10.0. The zero-order valence-corrected chi connectivity index (χ0v) is 17.4. The largest absolute Gasteiger partial charge is 0.321 e. The van der Waals surface area contributed by atoms with Crippen LogP contribution in [0.2, 0.25) is 10.0 Å². The third-order valence-electron chi connectivity index (χ3n) is 4.61. The predicted octanol–water partition coefficient (Wildman–Crippen LogP) is 4.81. The van der Waals surface area contributed by atoms with Gasteiger partial charge in [-0.3, -0.25) is 4.79 Å². The van der Waals surface area contributed by atoms with Crippen molar-refractivity contribution < 1.29 is 17.6 Å². The van der Waals surface area contributed by atoms with Crippen molar-refractivity contribution in [2.75, 3.05) is 18.4 Å². The summed E-state index contributed by atoms with van der Waals surface area (Å²) in [5, 5.41) is 2.64. The minimum Gasteiger partial charge on any atom is -0.321 e. The van der Waals surface area contributed by atoms with Gasteiger partial charge in [0.25, 0.3) is 5.91 Å². The van der Waals surface area contributed by atoms with Gasteiger partial charge in [0, 0.05) is 18.7 Å². The Hall–Kier alpha value is -1.67. The van der Waals surface area contributed by atoms with E-state index < -0.39 is 21.7 Å². The molecule has 2 aromatic carbocycles. The van der Waals surface area contributed by atoms with Crippen molar-refractivity contribution >= 4 is 44.8 Å². The van der Waals surface area contributed by atoms with Crippen molar-refractivity contribution in [3.63, 3.8) is 0 Å². The van der Waals surface area contributed by atoms with Crippen molar-refractivity contribution in [1.29, 1.82) is 0 Å². The van der Waals surface area contributed by atoms with Crippen LogP contribution in [-0.2, 0) is 10.0 Å². The molecule has 0 aromatic heterocycles. The zero-order valence-electron chi connectivity index (χ0n) is 15.1. The fraction of sp³-hybridized carbons (Fsp3) is 0.316. The Labute approximate surface area is 173 Å². The van der Waals surface area contributed by atoms with Crippen LogP contribution >= 0.6 is 23.2 Å². The molecule has 0 bridgehead atoms. The normalized spacial score (nSPS) is 18.1. The summed E-state index contributed by atoms with van der Waals surface area (Å²) in [4.78, 5) is 12.4. The van der Waals surface area contributed by atoms with E-state index in [1.165, 1.54) is 28.6 Å². The number of amides is 1. The molecule has 1 unspecified atom stereocenters. The number of carbonyl (C=O) groups excluding carboxylic acids is 1. The molecule has 150 valence electrons. The maximum atomic E-state index is 13.2. The standard InChI is InChI=1S/C19H19Cl2FN2O3S/c1-12-3-2-8-24(11-12)28(26,27)18-9-13(4-6-15(18)20)19(25)23-17-7-5-14(22)10-16(17)21/h4-7,9-10,12H,2-3,8,11H2,1H3,(H,23,25). The molecule has 1 aliphatic heterocycles. The Kier molecular flexibility index (Phi) is 6.29. The van der Waals surface area contributed by atoms with Crippen molar-refractivity contribution in [3.8, 4) is 0 Å². The lowest BCUT2D eigenvalue weighted by Crippen LogP contribution is -2.39. The number of rotatable bonds is 4. The van der Waals surface area contributed by atoms with Gasteiger partial charge in [-0.1, -0.05) is 30.1 Å². The van der Waals surface area contributed by atoms with Crippen LogP contribution in [0.15, 0.2) is 41.3 Å². The van der Waals surface area contributed by atoms with E-state index in [0.29, 0.717) is 13.1 Å². The van der Waals surface area contributed by atoms with E-state index >= 15 is 0 Å². The van der Waals surface area contributed by atoms with Gasteiger partial charge in [0.15, 0.2) is 0 Å². The summed E-state index contributed by atoms with van der Waals surface area (Å²) < 4.78 is 40.6. The summed E-state index contributed by atoms with van der Waals surface area (Å²) in [6, 6.07) is 7.63. The van der Waals surface area contributed by atoms with Gasteiger partial charge in [-0.25, -0.2) is 12.8 Å². The summed E-state index contributed by atoms with van der Waals surface area (Å²) in [5.74, 6) is -0.846. The molecule has 1 amide bonds. The summed E-state index contributed by atoms with van der Waals surface area (Å²) in [6.07, 6.45) is 1.75. The van der Waals surface area contributed by atoms with Gasteiger partial charge in [-0.2, -0.15) is 4.31 Å². The van der Waals surface area contributed by atoms with E-state index in [2.05, 4.69) is 5.32 Å². The summed E-state index contributed by atoms with van der Waals surface area (Å²) in [6.45, 7) is 2.84. The SMILES string of the molecule is CC1CCCN(S(=O)(=O)c2cc(C(=O)Nc3ccc(F)cc3Cl)ccc2Cl)C1. The van der Waals surface area contributed by atoms with Crippen molar-refractivity contribution in [2.45, 2.75) is 24.7 Å². The summed E-state index contributed by atoms with van der Waals surface area (Å²) in [5.41, 5.74) is 0.325. The highest BCUT2D eigenvalue weighted by molar-refractivity contribution is 7.89. The van der Waals surface area contributed by atoms with Gasteiger partial charge in [-0.15, -0.1) is 0 Å². The van der Waals surface area contributed by atoms with Gasteiger partial charge < -0.3 is 5.32 Å². The molecule has 0 spiro atoms. The van der Waals surface area contributed by atoms with Crippen LogP contribution < -0.4 is 5.32 Å². The highest BCUT2D eigenvalue weighted by atomic mass is 35.5. The van der Waals surface area contributed by atoms with E-state index in [4.69, 9.17) is 23.2 Å². The number of nitrogens with one attached hydrogen (secondary N) is 1. The van der Waals surface area contributed by atoms with Crippen LogP contribution in [0.4, 0.5) is 10.1 Å². The average molecular weight is 445 g/mol. The molecule has 1 N–H and O–H groups in total. The molecule has 1 aliphatic rings. The molecule has 3 rings (SSSR count). The lowest BCUT2D eigenvalue weighted by molar-refractivity contribution is 0.102. The maximum absolute atomic E-state index is 13.2. The van der Waals surface area contributed by atoms with E-state index in [9.17, 15) is 17.6 Å². The first-order chi connectivity index (χ1) is 13.2. The van der Waals surface area contributed by atoms with Crippen LogP contribution in [0.1, 0.15) is 30.1 Å². The monoisotopic (exact) mass is 444 g/mol. The van der Waals surface area contributed by atoms with Crippen LogP contribution in [0.25, 0.3) is 0 Å². The number of benzene rings is 2. The smallest absolute Gasteiger partial charge is 0.255 e. The average Bonchev–Trinajstić information content (AvgIpc) is 2.64. The molecule has 1 saturated heterocycles. The molecule has 1 atom stereocenters. The van der Waals surface area contributed by atoms with E-state index in [-0.39, 0.29) is 32.1 Å². The quantitative estimate of drug-likeness (QED) is 0.735. The molecular formula is C19H19Cl2FN2O3S. The van der Waals surface area contributed by atoms with Crippen molar-refractivity contribution in [2.24, 2.45) is 5.92 Å². The highest BCUT2D eigenvalue weighted by Gasteiger charge is 2.31. The topological polar surface area (TPSA) is 66.5 Å². The third-order valence-corrected chi connectivity index (χ3v) is 7.27. The Morgan fingerprint density at radius 1 is 1.18 bits per heavy atom. The van der Waals surface area contributed by atoms with Gasteiger partial charge in [0.1, 0.15) is 10.7 Å². The number of nitrogens with zero attached hydrogens (tertiary/aromatic N) is 1. The molecule has 5 nitrogen and oxygen atoms in total. The number of piperidine rings is 1. The van der Waals surface area contributed by atoms with Gasteiger partial charge in [0.2, 0.25) is 10.0 Å². The fourth-order valence-electron chi connectivity index (χ4n) is 3.13. The minimum atomic E-state index is -3.82. The second kappa shape index (κ2) is 8.37. The predicted molar refractivity (Wildman–Crippen MR) is 108 cm³/mol. The number of carbonyl (C=O) groups is 1. The maximum Gasteiger partial charge on any atom is 0.255 e. The number of sulfonamides is 1. The molecular weight excluding hydrogens is 426 g/mol. The van der Waals surface area contributed by atoms with Crippen LogP contribution in [-0.4, -0.2) is 31.7 Å². The lowest BCUT2D eigenvalue weighted by Gasteiger charge is -2.30. The molecule has 9 heteroatoms. The number of hydrogen-bond donors (Lipinski definition) is 1. The van der Waals surface area contributed by atoms with Crippen LogP contribution in [0, 0.1) is 11.7 Å². The van der Waals surface area contributed by atoms with E-state index in [1.54, 1.807) is 0 Å². The molecule has 1 fully saturated rings. The zero-order chi connectivity index (χ0) is 20.5. The van der Waals surface area contributed by atoms with Crippen molar-refractivity contribution in [3.05, 3.63) is 57.8 Å². The van der Waals surface area contributed by atoms with Gasteiger partial charge in [0.05, 0.1) is 15.7 Å². The van der Waals surface area contributed by atoms with Gasteiger partial charge >= 0.3 is 0 Å². The first kappa shape index (κ1) is 21.0. The van der Waals surface area contributed by atoms with Gasteiger partial charge in [-0.05, 0) is 55.2 Å². The number of hydrogen-bond acceptors (Lipinski definition) is 3. The molecule has 2 aromatic rings. The molecule has 0 saturated carbocycles. The molecule has 1 heterocycles. The van der Waals surface area contributed by atoms with Crippen LogP contribution in [0.5, 0.6) is 0 Å². The second-order valence-corrected chi connectivity index (χ2v) is 9.55. The summed E-state index contributed by atoms with van der Waals surface area (Å²) >= 11 is 12.1. The Balaban J connectivity index is 1.89. The van der Waals surface area contributed by atoms with Crippen molar-refractivity contribution in [1.82, 2.24) is 4.31 Å². The third kappa shape index (κ3) is 4.49. The Morgan fingerprint density at radius 3 is 2.61 bits per heavy atom. The molecule has 0 aliphatic carbocycles. The second-order valence-electron chi connectivity index (χ2n) is 6.83. The van der Waals surface area contributed by atoms with Crippen LogP contribution in [0.3, 0.4) is 0 Å². The minimum absolute atomic E-state index is 0.0393. The Morgan fingerprint density at radius 2 is 1.93 bits per heavy atom. The first-order valence-corrected chi connectivity index (χ1v) is 10.9. The number of halogens is 3. The fourth-order valence-corrected chi connectivity index (χ4v) is 5.44. The highest BCUT2D eigenvalue weighted by Crippen LogP contribution is 2.30. The van der Waals surface area contributed by atoms with E-state index in [0.717, 1.165) is 25.0 Å². The first-order valence-electron chi connectivity index (χ1n) is 8.74. The van der Waals surface area contributed by atoms with E-state index in [1.807, 2.05) is 6.92 Å². The Bertz CT molecular complexity index is 1010. The number of anilines is 1. The molecule has 28 heavy (non-hydrogen) atoms.